The second-order valence-corrected chi connectivity index (χ2v) is 8.64. The number of anilines is 1. The Morgan fingerprint density at radius 3 is 2.70 bits per heavy atom. The first-order chi connectivity index (χ1) is 14.2. The van der Waals surface area contributed by atoms with E-state index in [1.54, 1.807) is 25.1 Å². The van der Waals surface area contributed by atoms with E-state index in [-0.39, 0.29) is 27.8 Å². The van der Waals surface area contributed by atoms with Gasteiger partial charge in [0.2, 0.25) is 10.0 Å². The molecule has 0 fully saturated rings. The van der Waals surface area contributed by atoms with E-state index in [9.17, 15) is 18.3 Å². The van der Waals surface area contributed by atoms with Gasteiger partial charge in [-0.2, -0.15) is 11.0 Å². The lowest BCUT2D eigenvalue weighted by atomic mass is 9.97. The number of Topliss-reactive ketones (excluding diaryl/α,β-unsaturated/α-hetero) is 1. The van der Waals surface area contributed by atoms with E-state index >= 15 is 0 Å². The molecule has 0 bridgehead atoms. The van der Waals surface area contributed by atoms with E-state index in [0.29, 0.717) is 16.0 Å². The summed E-state index contributed by atoms with van der Waals surface area (Å²) in [5.74, 6) is 3.68. The fourth-order valence-corrected chi connectivity index (χ4v) is 3.83. The summed E-state index contributed by atoms with van der Waals surface area (Å²) in [7, 11) is -3.89. The quantitative estimate of drug-likeness (QED) is 0.213. The van der Waals surface area contributed by atoms with Gasteiger partial charge in [-0.25, -0.2) is 13.6 Å². The summed E-state index contributed by atoms with van der Waals surface area (Å²) in [4.78, 5) is 17.4. The first-order valence-corrected chi connectivity index (χ1v) is 10.7. The molecule has 158 valence electrons. The Balaban J connectivity index is 1.84. The van der Waals surface area contributed by atoms with Crippen LogP contribution < -0.4 is 16.5 Å². The van der Waals surface area contributed by atoms with Crippen molar-refractivity contribution in [2.45, 2.75) is 22.6 Å². The maximum atomic E-state index is 12.9. The van der Waals surface area contributed by atoms with Gasteiger partial charge in [-0.15, -0.1) is 9.32 Å². The second-order valence-electron chi connectivity index (χ2n) is 6.31. The number of hydrogen-bond donors (Lipinski definition) is 4. The zero-order valence-corrected chi connectivity index (χ0v) is 17.2. The highest BCUT2D eigenvalue weighted by Gasteiger charge is 2.31. The van der Waals surface area contributed by atoms with Crippen LogP contribution in [0.5, 0.6) is 5.75 Å². The molecule has 6 N–H and O–H groups in total. The zero-order chi connectivity index (χ0) is 21.9. The Kier molecular flexibility index (Phi) is 6.55. The lowest BCUT2D eigenvalue weighted by Crippen LogP contribution is -2.17. The van der Waals surface area contributed by atoms with E-state index in [1.165, 1.54) is 30.3 Å². The molecule has 3 rings (SSSR count). The molecule has 1 aliphatic carbocycles. The van der Waals surface area contributed by atoms with Crippen molar-refractivity contribution in [2.75, 3.05) is 5.43 Å². The average Bonchev–Trinajstić information content (AvgIpc) is 2.99. The third kappa shape index (κ3) is 4.87. The molecule has 12 heteroatoms. The van der Waals surface area contributed by atoms with Crippen LogP contribution in [0.15, 0.2) is 69.0 Å². The molecule has 0 heterocycles. The summed E-state index contributed by atoms with van der Waals surface area (Å²) in [5, 5.41) is 19.3. The van der Waals surface area contributed by atoms with Crippen molar-refractivity contribution in [3.05, 3.63) is 59.7 Å². The van der Waals surface area contributed by atoms with Crippen LogP contribution in [0.4, 0.5) is 5.69 Å². The van der Waals surface area contributed by atoms with Gasteiger partial charge in [0.15, 0.2) is 5.78 Å². The normalized spacial score (nSPS) is 18.0. The van der Waals surface area contributed by atoms with Gasteiger partial charge in [-0.05, 0) is 48.4 Å². The van der Waals surface area contributed by atoms with E-state index in [2.05, 4.69) is 19.8 Å². The van der Waals surface area contributed by atoms with Gasteiger partial charge in [0, 0.05) is 4.90 Å². The SMILES string of the molecule is CC1=CC(c2cccc(S(N)(=O)=O)c2)C(=O)C1=NNc1cc(SOON)ccc1O. The lowest BCUT2D eigenvalue weighted by Gasteiger charge is -2.09. The number of benzene rings is 2. The summed E-state index contributed by atoms with van der Waals surface area (Å²) >= 11 is 0.819. The summed E-state index contributed by atoms with van der Waals surface area (Å²) in [6.07, 6.45) is 1.68. The van der Waals surface area contributed by atoms with Crippen LogP contribution in [-0.2, 0) is 24.1 Å². The molecule has 0 spiro atoms. The predicted octanol–water partition coefficient (Wildman–Crippen LogP) is 1.95. The molecule has 0 radical (unpaired) electrons. The van der Waals surface area contributed by atoms with Crippen molar-refractivity contribution >= 4 is 39.2 Å². The minimum atomic E-state index is -3.89. The highest BCUT2D eigenvalue weighted by atomic mass is 32.2. The molecule has 2 aromatic carbocycles. The van der Waals surface area contributed by atoms with Crippen LogP contribution in [0.3, 0.4) is 0 Å². The number of primary sulfonamides is 1. The minimum Gasteiger partial charge on any atom is -0.506 e. The maximum absolute atomic E-state index is 12.9. The molecule has 0 saturated carbocycles. The van der Waals surface area contributed by atoms with Gasteiger partial charge in [-0.3, -0.25) is 10.2 Å². The number of phenolic OH excluding ortho intramolecular Hbond substituents is 1. The Morgan fingerprint density at radius 2 is 2.00 bits per heavy atom. The predicted molar refractivity (Wildman–Crippen MR) is 111 cm³/mol. The van der Waals surface area contributed by atoms with Gasteiger partial charge in [0.1, 0.15) is 11.5 Å². The fourth-order valence-electron chi connectivity index (χ4n) is 2.85. The Hall–Kier alpha value is -2.74. The first kappa shape index (κ1) is 22.0. The molecule has 2 aromatic rings. The topological polar surface area (TPSA) is 166 Å². The van der Waals surface area contributed by atoms with E-state index < -0.39 is 15.9 Å². The van der Waals surface area contributed by atoms with E-state index in [0.717, 1.165) is 12.0 Å². The maximum Gasteiger partial charge on any atom is 0.238 e. The van der Waals surface area contributed by atoms with Gasteiger partial charge >= 0.3 is 0 Å². The number of phenols is 1. The molecule has 0 saturated heterocycles. The second kappa shape index (κ2) is 8.95. The number of aromatic hydroxyl groups is 1. The molecular formula is C18H18N4O6S2. The molecule has 30 heavy (non-hydrogen) atoms. The van der Waals surface area contributed by atoms with Crippen LogP contribution in [-0.4, -0.2) is 25.0 Å². The number of carbonyl (C=O) groups excluding carboxylic acids is 1. The standard InChI is InChI=1S/C18H18N4O6S2/c1-10-7-14(11-3-2-4-13(8-11)30(20,25)26)18(24)17(10)22-21-15-9-12(29-28-27-19)5-6-16(15)23/h2-9,14,21,23H,19H2,1H3,(H2,20,25,26). The van der Waals surface area contributed by atoms with E-state index in [4.69, 9.17) is 11.0 Å². The smallest absolute Gasteiger partial charge is 0.238 e. The number of nitrogens with two attached hydrogens (primary N) is 2. The molecule has 10 nitrogen and oxygen atoms in total. The van der Waals surface area contributed by atoms with Crippen molar-refractivity contribution in [3.63, 3.8) is 0 Å². The highest BCUT2D eigenvalue weighted by molar-refractivity contribution is 7.94. The van der Waals surface area contributed by atoms with Gasteiger partial charge in [0.05, 0.1) is 28.5 Å². The average molecular weight is 450 g/mol. The number of nitrogens with zero attached hydrogens (tertiary/aromatic N) is 1. The molecule has 0 amide bonds. The largest absolute Gasteiger partial charge is 0.506 e. The van der Waals surface area contributed by atoms with Gasteiger partial charge < -0.3 is 5.11 Å². The zero-order valence-electron chi connectivity index (χ0n) is 15.6. The monoisotopic (exact) mass is 450 g/mol. The molecule has 0 aromatic heterocycles. The first-order valence-electron chi connectivity index (χ1n) is 8.43. The number of ketones is 1. The number of nitrogens with one attached hydrogen (secondary N) is 1. The summed E-state index contributed by atoms with van der Waals surface area (Å²) in [6, 6.07) is 10.4. The van der Waals surface area contributed by atoms with Crippen molar-refractivity contribution in [3.8, 4) is 5.75 Å². The van der Waals surface area contributed by atoms with Crippen LogP contribution in [0.25, 0.3) is 0 Å². The molecule has 1 aliphatic rings. The highest BCUT2D eigenvalue weighted by Crippen LogP contribution is 2.32. The van der Waals surface area contributed by atoms with Crippen LogP contribution >= 0.6 is 12.0 Å². The molecular weight excluding hydrogens is 432 g/mol. The molecule has 0 aliphatic heterocycles. The summed E-state index contributed by atoms with van der Waals surface area (Å²) in [6.45, 7) is 1.71. The van der Waals surface area contributed by atoms with Crippen molar-refractivity contribution in [1.29, 1.82) is 0 Å². The number of rotatable bonds is 7. The third-order valence-corrected chi connectivity index (χ3v) is 5.78. The van der Waals surface area contributed by atoms with Gasteiger partial charge in [-0.1, -0.05) is 18.2 Å². The Morgan fingerprint density at radius 1 is 1.23 bits per heavy atom. The Labute approximate surface area is 176 Å². The third-order valence-electron chi connectivity index (χ3n) is 4.28. The minimum absolute atomic E-state index is 0.0784. The molecule has 1 atom stereocenters. The number of hydrogen-bond acceptors (Lipinski definition) is 10. The number of allylic oxidation sites excluding steroid dienone is 2. The summed E-state index contributed by atoms with van der Waals surface area (Å²) in [5.41, 5.74) is 4.13. The van der Waals surface area contributed by atoms with E-state index in [1.807, 2.05) is 0 Å². The van der Waals surface area contributed by atoms with Crippen LogP contribution in [0.1, 0.15) is 18.4 Å². The Bertz CT molecular complexity index is 1150. The number of carbonyl (C=O) groups is 1. The lowest BCUT2D eigenvalue weighted by molar-refractivity contribution is -0.195. The molecule has 1 unspecified atom stereocenters. The number of sulfonamides is 1. The van der Waals surface area contributed by atoms with Crippen molar-refractivity contribution in [1.82, 2.24) is 0 Å². The fraction of sp³-hybridized carbons (Fsp3) is 0.111. The van der Waals surface area contributed by atoms with Crippen molar-refractivity contribution < 1.29 is 27.6 Å². The summed E-state index contributed by atoms with van der Waals surface area (Å²) < 4.78 is 27.7. The van der Waals surface area contributed by atoms with Crippen LogP contribution in [0.2, 0.25) is 0 Å². The van der Waals surface area contributed by atoms with Crippen LogP contribution in [0, 0.1) is 0 Å². The number of hydrazone groups is 1. The van der Waals surface area contributed by atoms with Gasteiger partial charge in [0.25, 0.3) is 0 Å². The van der Waals surface area contributed by atoms with Crippen molar-refractivity contribution in [2.24, 2.45) is 16.1 Å².